The third-order valence-electron chi connectivity index (χ3n) is 4.08. The first-order valence-corrected chi connectivity index (χ1v) is 9.72. The first-order valence-electron chi connectivity index (χ1n) is 7.36. The summed E-state index contributed by atoms with van der Waals surface area (Å²) in [5, 5.41) is 14.5. The van der Waals surface area contributed by atoms with Crippen molar-refractivity contribution in [3.63, 3.8) is 0 Å². The number of benzene rings is 1. The lowest BCUT2D eigenvalue weighted by atomic mass is 10.0. The molecule has 2 aromatic rings. The molecule has 1 N–H and O–H groups in total. The maximum atomic E-state index is 13.0. The van der Waals surface area contributed by atoms with Crippen LogP contribution in [0.3, 0.4) is 0 Å². The molecule has 2 aliphatic heterocycles. The number of rotatable bonds is 5. The van der Waals surface area contributed by atoms with Crippen molar-refractivity contribution in [1.29, 1.82) is 0 Å². The molecule has 0 unspecified atom stereocenters. The lowest BCUT2D eigenvalue weighted by Gasteiger charge is -2.38. The molecule has 0 bridgehead atoms. The van der Waals surface area contributed by atoms with E-state index in [-0.39, 0.29) is 16.5 Å². The molecular weight excluding hydrogens is 393 g/mol. The van der Waals surface area contributed by atoms with Gasteiger partial charge >= 0.3 is 11.8 Å². The fourth-order valence-corrected chi connectivity index (χ4v) is 4.41. The maximum Gasteiger partial charge on any atom is 0.442 e. The predicted octanol–water partition coefficient (Wildman–Crippen LogP) is 1.89. The number of nitrogens with zero attached hydrogens (tertiary/aromatic N) is 5. The van der Waals surface area contributed by atoms with Gasteiger partial charge in [-0.05, 0) is 12.1 Å². The lowest BCUT2D eigenvalue weighted by Crippen LogP contribution is -2.59. The molecule has 13 heteroatoms. The van der Waals surface area contributed by atoms with Crippen LogP contribution in [0.2, 0.25) is 0 Å². The van der Waals surface area contributed by atoms with E-state index in [1.165, 1.54) is 11.3 Å². The van der Waals surface area contributed by atoms with Gasteiger partial charge in [-0.2, -0.15) is 13.2 Å². The maximum absolute atomic E-state index is 13.0. The van der Waals surface area contributed by atoms with Crippen molar-refractivity contribution in [1.82, 2.24) is 14.9 Å². The van der Waals surface area contributed by atoms with Gasteiger partial charge in [0.1, 0.15) is 5.51 Å². The van der Waals surface area contributed by atoms with Crippen LogP contribution in [0, 0.1) is 0 Å². The number of hydrogen-bond donors (Lipinski definition) is 1. The molecule has 138 valence electrons. The summed E-state index contributed by atoms with van der Waals surface area (Å²) in [4.78, 5) is 1.76. The molecule has 26 heavy (non-hydrogen) atoms. The van der Waals surface area contributed by atoms with Gasteiger partial charge in [-0.3, -0.25) is 0 Å². The van der Waals surface area contributed by atoms with Crippen molar-refractivity contribution in [3.05, 3.63) is 35.3 Å². The van der Waals surface area contributed by atoms with E-state index in [0.717, 1.165) is 24.3 Å². The van der Waals surface area contributed by atoms with Gasteiger partial charge in [0.05, 0.1) is 10.9 Å². The predicted molar refractivity (Wildman–Crippen MR) is 85.3 cm³/mol. The van der Waals surface area contributed by atoms with E-state index >= 15 is 0 Å². The van der Waals surface area contributed by atoms with Gasteiger partial charge in [0.2, 0.25) is 15.2 Å². The normalized spacial score (nSPS) is 19.4. The minimum Gasteiger partial charge on any atom is -0.343 e. The van der Waals surface area contributed by atoms with Crippen LogP contribution < -0.4 is 9.62 Å². The average molecular weight is 404 g/mol. The Bertz CT molecular complexity index is 931. The van der Waals surface area contributed by atoms with Crippen molar-refractivity contribution in [2.45, 2.75) is 22.8 Å². The average Bonchev–Trinajstić information content (AvgIpc) is 3.21. The molecule has 8 nitrogen and oxygen atoms in total. The molecule has 1 aromatic heterocycles. The molecule has 0 spiro atoms. The highest BCUT2D eigenvalue weighted by molar-refractivity contribution is 7.89. The van der Waals surface area contributed by atoms with Crippen molar-refractivity contribution in [3.8, 4) is 0 Å². The molecule has 0 amide bonds. The topological polar surface area (TPSA) is 99.9 Å². The first kappa shape index (κ1) is 17.3. The molecule has 0 saturated carbocycles. The minimum absolute atomic E-state index is 0.117. The smallest absolute Gasteiger partial charge is 0.343 e. The zero-order chi connectivity index (χ0) is 18.6. The lowest BCUT2D eigenvalue weighted by molar-refractivity contribution is -0.166. The fraction of sp³-hybridized carbons (Fsp3) is 0.385. The summed E-state index contributed by atoms with van der Waals surface area (Å²) in [7, 11) is -3.84. The molecule has 0 atom stereocenters. The highest BCUT2D eigenvalue weighted by Crippen LogP contribution is 2.52. The SMILES string of the molecule is O=S(=O)(NC1CN(c2nncs2)C1)c1ccc(C2(C(F)(F)F)N=N2)cc1. The van der Waals surface area contributed by atoms with Crippen LogP contribution in [0.5, 0.6) is 0 Å². The summed E-state index contributed by atoms with van der Waals surface area (Å²) in [5.74, 6) is 0. The van der Waals surface area contributed by atoms with Crippen LogP contribution in [0.25, 0.3) is 0 Å². The standard InChI is InChI=1S/C13H11F3N6O2S2/c14-13(15,16)12(20-21-12)8-1-3-10(4-2-8)26(23,24)19-9-5-22(6-9)11-18-17-7-25-11/h1-4,7,9,19H,5-6H2. The molecular formula is C13H11F3N6O2S2. The molecule has 1 aromatic carbocycles. The first-order chi connectivity index (χ1) is 12.2. The van der Waals surface area contributed by atoms with Crippen molar-refractivity contribution in [2.24, 2.45) is 10.2 Å². The van der Waals surface area contributed by atoms with Crippen LogP contribution in [0.1, 0.15) is 5.56 Å². The van der Waals surface area contributed by atoms with Gasteiger partial charge in [0.15, 0.2) is 0 Å². The molecule has 0 aliphatic carbocycles. The summed E-state index contributed by atoms with van der Waals surface area (Å²) in [6.07, 6.45) is -4.65. The van der Waals surface area contributed by atoms with Gasteiger partial charge in [-0.1, -0.05) is 23.5 Å². The Morgan fingerprint density at radius 3 is 2.35 bits per heavy atom. The Balaban J connectivity index is 1.43. The zero-order valence-electron chi connectivity index (χ0n) is 12.9. The van der Waals surface area contributed by atoms with E-state index in [1.807, 2.05) is 4.90 Å². The van der Waals surface area contributed by atoms with Crippen LogP contribution in [-0.2, 0) is 15.7 Å². The van der Waals surface area contributed by atoms with E-state index < -0.39 is 21.9 Å². The number of halogens is 3. The molecule has 1 saturated heterocycles. The highest BCUT2D eigenvalue weighted by Gasteiger charge is 2.65. The second-order valence-electron chi connectivity index (χ2n) is 5.84. The highest BCUT2D eigenvalue weighted by atomic mass is 32.2. The largest absolute Gasteiger partial charge is 0.442 e. The Morgan fingerprint density at radius 2 is 1.85 bits per heavy atom. The second kappa shape index (κ2) is 5.69. The van der Waals surface area contributed by atoms with E-state index in [0.29, 0.717) is 18.2 Å². The summed E-state index contributed by atoms with van der Waals surface area (Å²) >= 11 is 1.35. The van der Waals surface area contributed by atoms with E-state index in [4.69, 9.17) is 0 Å². The molecule has 0 radical (unpaired) electrons. The van der Waals surface area contributed by atoms with Gasteiger partial charge < -0.3 is 4.90 Å². The molecule has 3 heterocycles. The number of hydrogen-bond acceptors (Lipinski definition) is 8. The monoisotopic (exact) mass is 404 g/mol. The summed E-state index contributed by atoms with van der Waals surface area (Å²) in [6.45, 7) is 0.892. The van der Waals surface area contributed by atoms with Gasteiger partial charge in [0, 0.05) is 18.7 Å². The summed E-state index contributed by atoms with van der Waals surface area (Å²) in [5.41, 5.74) is -1.19. The quantitative estimate of drug-likeness (QED) is 0.820. The summed E-state index contributed by atoms with van der Waals surface area (Å²) < 4.78 is 66.2. The Labute approximate surface area is 149 Å². The Hall–Kier alpha value is -2.12. The minimum atomic E-state index is -4.65. The molecule has 1 fully saturated rings. The van der Waals surface area contributed by atoms with Crippen molar-refractivity contribution >= 4 is 26.5 Å². The van der Waals surface area contributed by atoms with Crippen LogP contribution in [-0.4, -0.2) is 43.9 Å². The van der Waals surface area contributed by atoms with Gasteiger partial charge in [-0.15, -0.1) is 20.4 Å². The third-order valence-corrected chi connectivity index (χ3v) is 6.37. The second-order valence-corrected chi connectivity index (χ2v) is 8.36. The van der Waals surface area contributed by atoms with E-state index in [9.17, 15) is 21.6 Å². The van der Waals surface area contributed by atoms with Crippen LogP contribution >= 0.6 is 11.3 Å². The zero-order valence-corrected chi connectivity index (χ0v) is 14.5. The van der Waals surface area contributed by atoms with Crippen LogP contribution in [0.4, 0.5) is 18.3 Å². The van der Waals surface area contributed by atoms with E-state index in [2.05, 4.69) is 25.1 Å². The third kappa shape index (κ3) is 2.85. The summed E-state index contributed by atoms with van der Waals surface area (Å²) in [6, 6.07) is 4.09. The molecule has 4 rings (SSSR count). The Morgan fingerprint density at radius 1 is 1.19 bits per heavy atom. The van der Waals surface area contributed by atoms with E-state index in [1.54, 1.807) is 5.51 Å². The Kier molecular flexibility index (Phi) is 3.79. The number of anilines is 1. The van der Waals surface area contributed by atoms with Crippen molar-refractivity contribution < 1.29 is 21.6 Å². The number of aromatic nitrogens is 2. The fourth-order valence-electron chi connectivity index (χ4n) is 2.61. The van der Waals surface area contributed by atoms with Crippen molar-refractivity contribution in [2.75, 3.05) is 18.0 Å². The number of nitrogens with one attached hydrogen (secondary N) is 1. The number of sulfonamides is 1. The van der Waals surface area contributed by atoms with Gasteiger partial charge in [0.25, 0.3) is 0 Å². The van der Waals surface area contributed by atoms with Crippen LogP contribution in [0.15, 0.2) is 44.9 Å². The molecule has 2 aliphatic rings. The van der Waals surface area contributed by atoms with Gasteiger partial charge in [-0.25, -0.2) is 13.1 Å². The number of alkyl halides is 3.